The summed E-state index contributed by atoms with van der Waals surface area (Å²) in [6, 6.07) is 0. The number of rotatable bonds is 7. The summed E-state index contributed by atoms with van der Waals surface area (Å²) in [7, 11) is -2.83. The highest BCUT2D eigenvalue weighted by molar-refractivity contribution is 7.91. The highest BCUT2D eigenvalue weighted by Gasteiger charge is 2.19. The lowest BCUT2D eigenvalue weighted by Crippen LogP contribution is -2.49. The van der Waals surface area contributed by atoms with Gasteiger partial charge >= 0.3 is 0 Å². The Morgan fingerprint density at radius 3 is 2.22 bits per heavy atom. The standard InChI is InChI=1S/C12H27N3O2S/c1-3-18(16,17)9-8-14-4-6-15(7-5-14)11-12(2)10-13/h12H,3-11,13H2,1-2H3. The maximum Gasteiger partial charge on any atom is 0.151 e. The Hall–Kier alpha value is -0.170. The molecule has 0 aromatic carbocycles. The molecule has 1 saturated heterocycles. The molecule has 1 heterocycles. The SMILES string of the molecule is CCS(=O)(=O)CCN1CCN(CC(C)CN)CC1. The largest absolute Gasteiger partial charge is 0.330 e. The molecule has 0 spiro atoms. The average molecular weight is 277 g/mol. The van der Waals surface area contributed by atoms with Crippen LogP contribution in [0.25, 0.3) is 0 Å². The molecule has 1 atom stereocenters. The molecule has 0 aromatic heterocycles. The summed E-state index contributed by atoms with van der Waals surface area (Å²) >= 11 is 0. The maximum atomic E-state index is 11.4. The van der Waals surface area contributed by atoms with Gasteiger partial charge in [-0.2, -0.15) is 0 Å². The van der Waals surface area contributed by atoms with Crippen LogP contribution in [0.3, 0.4) is 0 Å². The summed E-state index contributed by atoms with van der Waals surface area (Å²) in [5, 5.41) is 0. The first-order chi connectivity index (χ1) is 8.46. The molecule has 0 aromatic rings. The summed E-state index contributed by atoms with van der Waals surface area (Å²) in [6.45, 7) is 10.3. The van der Waals surface area contributed by atoms with Crippen molar-refractivity contribution in [1.82, 2.24) is 9.80 Å². The monoisotopic (exact) mass is 277 g/mol. The van der Waals surface area contributed by atoms with Crippen LogP contribution in [0, 0.1) is 5.92 Å². The van der Waals surface area contributed by atoms with E-state index in [-0.39, 0.29) is 5.75 Å². The first kappa shape index (κ1) is 15.9. The normalized spacial score (nSPS) is 21.1. The molecule has 1 aliphatic heterocycles. The molecule has 1 aliphatic rings. The van der Waals surface area contributed by atoms with E-state index in [2.05, 4.69) is 16.7 Å². The second-order valence-corrected chi connectivity index (χ2v) is 7.69. The van der Waals surface area contributed by atoms with E-state index in [1.807, 2.05) is 0 Å². The van der Waals surface area contributed by atoms with E-state index in [1.165, 1.54) is 0 Å². The summed E-state index contributed by atoms with van der Waals surface area (Å²) in [5.41, 5.74) is 5.62. The number of nitrogens with two attached hydrogens (primary N) is 1. The molecule has 0 aliphatic carbocycles. The van der Waals surface area contributed by atoms with Crippen molar-refractivity contribution in [2.45, 2.75) is 13.8 Å². The Bertz CT molecular complexity index is 324. The van der Waals surface area contributed by atoms with E-state index >= 15 is 0 Å². The lowest BCUT2D eigenvalue weighted by Gasteiger charge is -2.35. The highest BCUT2D eigenvalue weighted by Crippen LogP contribution is 2.05. The lowest BCUT2D eigenvalue weighted by atomic mass is 10.1. The minimum atomic E-state index is -2.83. The molecule has 5 nitrogen and oxygen atoms in total. The van der Waals surface area contributed by atoms with Gasteiger partial charge in [0.05, 0.1) is 5.75 Å². The van der Waals surface area contributed by atoms with Crippen LogP contribution < -0.4 is 5.73 Å². The first-order valence-electron chi connectivity index (χ1n) is 6.82. The number of nitrogens with zero attached hydrogens (tertiary/aromatic N) is 2. The predicted molar refractivity (Wildman–Crippen MR) is 75.4 cm³/mol. The van der Waals surface area contributed by atoms with E-state index in [0.717, 1.165) is 39.3 Å². The van der Waals surface area contributed by atoms with Crippen LogP contribution in [0.2, 0.25) is 0 Å². The lowest BCUT2D eigenvalue weighted by molar-refractivity contribution is 0.126. The van der Waals surface area contributed by atoms with Crippen LogP contribution in [0.15, 0.2) is 0 Å². The molecule has 1 unspecified atom stereocenters. The van der Waals surface area contributed by atoms with Crippen molar-refractivity contribution < 1.29 is 8.42 Å². The van der Waals surface area contributed by atoms with Gasteiger partial charge in [-0.25, -0.2) is 8.42 Å². The van der Waals surface area contributed by atoms with Crippen molar-refractivity contribution in [3.63, 3.8) is 0 Å². The number of piperazine rings is 1. The minimum absolute atomic E-state index is 0.251. The van der Waals surface area contributed by atoms with Gasteiger partial charge in [-0.15, -0.1) is 0 Å². The Morgan fingerprint density at radius 1 is 1.17 bits per heavy atom. The number of hydrogen-bond donors (Lipinski definition) is 1. The van der Waals surface area contributed by atoms with Gasteiger partial charge < -0.3 is 10.6 Å². The number of sulfone groups is 1. The van der Waals surface area contributed by atoms with E-state index in [0.29, 0.717) is 18.2 Å². The van der Waals surface area contributed by atoms with Crippen LogP contribution in [0.5, 0.6) is 0 Å². The average Bonchev–Trinajstić information content (AvgIpc) is 2.38. The smallest absolute Gasteiger partial charge is 0.151 e. The van der Waals surface area contributed by atoms with Crippen LogP contribution in [0.4, 0.5) is 0 Å². The molecular formula is C12H27N3O2S. The zero-order valence-electron chi connectivity index (χ0n) is 11.6. The quantitative estimate of drug-likeness (QED) is 0.688. The molecule has 0 radical (unpaired) electrons. The van der Waals surface area contributed by atoms with Gasteiger partial charge in [0.1, 0.15) is 0 Å². The Balaban J connectivity index is 2.23. The molecule has 2 N–H and O–H groups in total. The van der Waals surface area contributed by atoms with E-state index < -0.39 is 9.84 Å². The fraction of sp³-hybridized carbons (Fsp3) is 1.00. The molecule has 1 fully saturated rings. The third-order valence-electron chi connectivity index (χ3n) is 3.60. The third kappa shape index (κ3) is 5.65. The zero-order chi connectivity index (χ0) is 13.6. The summed E-state index contributed by atoms with van der Waals surface area (Å²) in [6.07, 6.45) is 0. The van der Waals surface area contributed by atoms with Gasteiger partial charge in [-0.3, -0.25) is 4.90 Å². The second kappa shape index (κ2) is 7.43. The van der Waals surface area contributed by atoms with Crippen molar-refractivity contribution in [2.75, 3.05) is 57.3 Å². The van der Waals surface area contributed by atoms with Gasteiger partial charge in [0.2, 0.25) is 0 Å². The van der Waals surface area contributed by atoms with Gasteiger partial charge in [-0.05, 0) is 12.5 Å². The number of hydrogen-bond acceptors (Lipinski definition) is 5. The minimum Gasteiger partial charge on any atom is -0.330 e. The van der Waals surface area contributed by atoms with Crippen LogP contribution >= 0.6 is 0 Å². The summed E-state index contributed by atoms with van der Waals surface area (Å²) in [4.78, 5) is 4.67. The van der Waals surface area contributed by atoms with Crippen molar-refractivity contribution >= 4 is 9.84 Å². The maximum absolute atomic E-state index is 11.4. The molecule has 0 saturated carbocycles. The van der Waals surface area contributed by atoms with Crippen molar-refractivity contribution in [1.29, 1.82) is 0 Å². The fourth-order valence-corrected chi connectivity index (χ4v) is 2.95. The van der Waals surface area contributed by atoms with E-state index in [4.69, 9.17) is 5.73 Å². The summed E-state index contributed by atoms with van der Waals surface area (Å²) in [5.74, 6) is 1.08. The zero-order valence-corrected chi connectivity index (χ0v) is 12.5. The first-order valence-corrected chi connectivity index (χ1v) is 8.64. The van der Waals surface area contributed by atoms with Crippen LogP contribution in [-0.2, 0) is 9.84 Å². The van der Waals surface area contributed by atoms with Gasteiger partial charge in [0.25, 0.3) is 0 Å². The summed E-state index contributed by atoms with van der Waals surface area (Å²) < 4.78 is 22.9. The molecule has 108 valence electrons. The molecule has 1 rings (SSSR count). The second-order valence-electron chi connectivity index (χ2n) is 5.22. The highest BCUT2D eigenvalue weighted by atomic mass is 32.2. The van der Waals surface area contributed by atoms with E-state index in [9.17, 15) is 8.42 Å². The topological polar surface area (TPSA) is 66.6 Å². The molecule has 0 amide bonds. The van der Waals surface area contributed by atoms with Crippen molar-refractivity contribution in [3.05, 3.63) is 0 Å². The Labute approximate surface area is 111 Å². The Morgan fingerprint density at radius 2 is 1.72 bits per heavy atom. The van der Waals surface area contributed by atoms with Crippen LogP contribution in [0.1, 0.15) is 13.8 Å². The molecular weight excluding hydrogens is 250 g/mol. The Kier molecular flexibility index (Phi) is 6.55. The molecule has 0 bridgehead atoms. The van der Waals surface area contributed by atoms with Crippen LogP contribution in [-0.4, -0.2) is 75.5 Å². The van der Waals surface area contributed by atoms with Gasteiger partial charge in [0.15, 0.2) is 9.84 Å². The van der Waals surface area contributed by atoms with Gasteiger partial charge in [-0.1, -0.05) is 13.8 Å². The van der Waals surface area contributed by atoms with Crippen molar-refractivity contribution in [2.24, 2.45) is 11.7 Å². The van der Waals surface area contributed by atoms with Crippen molar-refractivity contribution in [3.8, 4) is 0 Å². The third-order valence-corrected chi connectivity index (χ3v) is 5.28. The fourth-order valence-electron chi connectivity index (χ4n) is 2.12. The predicted octanol–water partition coefficient (Wildman–Crippen LogP) is -0.366. The van der Waals surface area contributed by atoms with Gasteiger partial charge in [0, 0.05) is 45.0 Å². The molecule has 18 heavy (non-hydrogen) atoms. The molecule has 6 heteroatoms. The van der Waals surface area contributed by atoms with E-state index in [1.54, 1.807) is 6.92 Å².